The molecular formula is C18H17NO4. The van der Waals surface area contributed by atoms with Gasteiger partial charge in [0.2, 0.25) is 6.79 Å². The summed E-state index contributed by atoms with van der Waals surface area (Å²) in [4.78, 5) is 10.9. The normalized spacial score (nSPS) is 17.0. The van der Waals surface area contributed by atoms with Gasteiger partial charge in [-0.3, -0.25) is 0 Å². The monoisotopic (exact) mass is 311 g/mol. The number of ether oxygens (including phenoxy) is 2. The molecule has 2 aromatic carbocycles. The fraction of sp³-hybridized carbons (Fsp3) is 0.278. The van der Waals surface area contributed by atoms with Crippen molar-refractivity contribution in [1.29, 1.82) is 0 Å². The van der Waals surface area contributed by atoms with E-state index in [0.717, 1.165) is 29.9 Å². The van der Waals surface area contributed by atoms with Gasteiger partial charge < -0.3 is 19.9 Å². The van der Waals surface area contributed by atoms with E-state index in [0.29, 0.717) is 12.1 Å². The predicted octanol–water partition coefficient (Wildman–Crippen LogP) is 2.89. The smallest absolute Gasteiger partial charge is 0.335 e. The van der Waals surface area contributed by atoms with Crippen molar-refractivity contribution < 1.29 is 19.4 Å². The number of rotatable bonds is 5. The van der Waals surface area contributed by atoms with Crippen LogP contribution in [0.25, 0.3) is 0 Å². The highest BCUT2D eigenvalue weighted by Gasteiger charge is 2.44. The van der Waals surface area contributed by atoms with Crippen LogP contribution in [0.5, 0.6) is 11.5 Å². The first kappa shape index (κ1) is 14.1. The van der Waals surface area contributed by atoms with Crippen molar-refractivity contribution in [3.8, 4) is 11.5 Å². The Morgan fingerprint density at radius 1 is 1.09 bits per heavy atom. The number of fused-ring (bicyclic) bond motifs is 1. The van der Waals surface area contributed by atoms with Gasteiger partial charge in [0, 0.05) is 12.1 Å². The highest BCUT2D eigenvalue weighted by Crippen LogP contribution is 2.48. The highest BCUT2D eigenvalue weighted by atomic mass is 16.7. The second kappa shape index (κ2) is 5.28. The number of aromatic carboxylic acids is 1. The van der Waals surface area contributed by atoms with Crippen molar-refractivity contribution in [2.24, 2.45) is 0 Å². The number of hydrogen-bond donors (Lipinski definition) is 2. The van der Waals surface area contributed by atoms with Crippen LogP contribution in [-0.2, 0) is 12.1 Å². The van der Waals surface area contributed by atoms with Gasteiger partial charge in [0.1, 0.15) is 0 Å². The molecule has 0 atom stereocenters. The van der Waals surface area contributed by atoms with Crippen LogP contribution in [0.2, 0.25) is 0 Å². The van der Waals surface area contributed by atoms with E-state index in [1.54, 1.807) is 12.1 Å². The molecule has 5 nitrogen and oxygen atoms in total. The molecule has 0 bridgehead atoms. The Balaban J connectivity index is 1.47. The summed E-state index contributed by atoms with van der Waals surface area (Å²) in [6.45, 7) is 0.990. The summed E-state index contributed by atoms with van der Waals surface area (Å²) in [7, 11) is 0. The van der Waals surface area contributed by atoms with Crippen LogP contribution >= 0.6 is 0 Å². The quantitative estimate of drug-likeness (QED) is 0.888. The molecule has 5 heteroatoms. The van der Waals surface area contributed by atoms with E-state index < -0.39 is 5.97 Å². The fourth-order valence-corrected chi connectivity index (χ4v) is 2.92. The average molecular weight is 311 g/mol. The van der Waals surface area contributed by atoms with Crippen molar-refractivity contribution >= 4 is 5.97 Å². The van der Waals surface area contributed by atoms with E-state index >= 15 is 0 Å². The summed E-state index contributed by atoms with van der Waals surface area (Å²) in [6, 6.07) is 13.1. The molecule has 23 heavy (non-hydrogen) atoms. The second-order valence-corrected chi connectivity index (χ2v) is 6.01. The minimum atomic E-state index is -0.900. The molecule has 1 heterocycles. The van der Waals surface area contributed by atoms with Gasteiger partial charge >= 0.3 is 5.97 Å². The van der Waals surface area contributed by atoms with Crippen LogP contribution in [0.3, 0.4) is 0 Å². The van der Waals surface area contributed by atoms with Gasteiger partial charge in [-0.2, -0.15) is 0 Å². The van der Waals surface area contributed by atoms with Crippen LogP contribution < -0.4 is 14.8 Å². The van der Waals surface area contributed by atoms with Crippen molar-refractivity contribution in [1.82, 2.24) is 5.32 Å². The maximum absolute atomic E-state index is 10.9. The second-order valence-electron chi connectivity index (χ2n) is 6.01. The highest BCUT2D eigenvalue weighted by molar-refractivity contribution is 5.87. The van der Waals surface area contributed by atoms with E-state index in [2.05, 4.69) is 17.4 Å². The molecule has 0 unspecified atom stereocenters. The van der Waals surface area contributed by atoms with Crippen LogP contribution in [0.4, 0.5) is 0 Å². The number of nitrogens with one attached hydrogen (secondary N) is 1. The van der Waals surface area contributed by atoms with Gasteiger partial charge in [0.15, 0.2) is 11.5 Å². The maximum Gasteiger partial charge on any atom is 0.335 e. The van der Waals surface area contributed by atoms with Crippen molar-refractivity contribution in [3.63, 3.8) is 0 Å². The molecular weight excluding hydrogens is 294 g/mol. The Bertz CT molecular complexity index is 750. The number of carboxylic acids is 1. The topological polar surface area (TPSA) is 67.8 Å². The third kappa shape index (κ3) is 2.64. The maximum atomic E-state index is 10.9. The van der Waals surface area contributed by atoms with Crippen LogP contribution in [0.15, 0.2) is 42.5 Å². The van der Waals surface area contributed by atoms with Gasteiger partial charge in [0.05, 0.1) is 5.56 Å². The first-order valence-electron chi connectivity index (χ1n) is 7.64. The van der Waals surface area contributed by atoms with Gasteiger partial charge in [-0.15, -0.1) is 0 Å². The minimum absolute atomic E-state index is 0.00749. The standard InChI is InChI=1S/C18H17NO4/c20-17(21)13-3-1-12(2-4-13)10-19-18(7-8-18)14-5-6-15-16(9-14)23-11-22-15/h1-6,9,19H,7-8,10-11H2,(H,20,21). The molecule has 2 aliphatic rings. The molecule has 0 saturated heterocycles. The molecule has 0 aromatic heterocycles. The molecule has 2 aromatic rings. The van der Waals surface area contributed by atoms with Gasteiger partial charge in [-0.05, 0) is 48.2 Å². The molecule has 1 saturated carbocycles. The lowest BCUT2D eigenvalue weighted by Crippen LogP contribution is -2.28. The summed E-state index contributed by atoms with van der Waals surface area (Å²) in [6.07, 6.45) is 2.17. The van der Waals surface area contributed by atoms with Crippen LogP contribution in [-0.4, -0.2) is 17.9 Å². The van der Waals surface area contributed by atoms with Gasteiger partial charge in [-0.1, -0.05) is 18.2 Å². The SMILES string of the molecule is O=C(O)c1ccc(CNC2(c3ccc4c(c3)OCO4)CC2)cc1. The molecule has 1 aliphatic heterocycles. The third-order valence-corrected chi connectivity index (χ3v) is 4.51. The molecule has 0 spiro atoms. The zero-order valence-electron chi connectivity index (χ0n) is 12.5. The number of benzene rings is 2. The summed E-state index contributed by atoms with van der Waals surface area (Å²) in [5.74, 6) is 0.707. The number of carbonyl (C=O) groups is 1. The summed E-state index contributed by atoms with van der Waals surface area (Å²) >= 11 is 0. The molecule has 1 fully saturated rings. The lowest BCUT2D eigenvalue weighted by Gasteiger charge is -2.18. The van der Waals surface area contributed by atoms with Crippen molar-refractivity contribution in [2.45, 2.75) is 24.9 Å². The summed E-state index contributed by atoms with van der Waals surface area (Å²) in [5.41, 5.74) is 2.59. The Labute approximate surface area is 133 Å². The zero-order valence-corrected chi connectivity index (χ0v) is 12.5. The van der Waals surface area contributed by atoms with Gasteiger partial charge in [0.25, 0.3) is 0 Å². The molecule has 4 rings (SSSR count). The van der Waals surface area contributed by atoms with E-state index in [4.69, 9.17) is 14.6 Å². The van der Waals surface area contributed by atoms with Crippen molar-refractivity contribution in [3.05, 3.63) is 59.2 Å². The Morgan fingerprint density at radius 3 is 2.52 bits per heavy atom. The Hall–Kier alpha value is -2.53. The fourth-order valence-electron chi connectivity index (χ4n) is 2.92. The molecule has 2 N–H and O–H groups in total. The predicted molar refractivity (Wildman–Crippen MR) is 83.7 cm³/mol. The molecule has 0 radical (unpaired) electrons. The minimum Gasteiger partial charge on any atom is -0.478 e. The summed E-state index contributed by atoms with van der Waals surface area (Å²) < 4.78 is 10.8. The number of hydrogen-bond acceptors (Lipinski definition) is 4. The molecule has 1 aliphatic carbocycles. The number of carboxylic acid groups (broad SMARTS) is 1. The molecule has 118 valence electrons. The van der Waals surface area contributed by atoms with Crippen LogP contribution in [0.1, 0.15) is 34.3 Å². The van der Waals surface area contributed by atoms with Gasteiger partial charge in [-0.25, -0.2) is 4.79 Å². The van der Waals surface area contributed by atoms with Crippen LogP contribution in [0, 0.1) is 0 Å². The van der Waals surface area contributed by atoms with E-state index in [1.165, 1.54) is 5.56 Å². The zero-order chi connectivity index (χ0) is 15.9. The Kier molecular flexibility index (Phi) is 3.23. The summed E-state index contributed by atoms with van der Waals surface area (Å²) in [5, 5.41) is 12.5. The van der Waals surface area contributed by atoms with E-state index in [9.17, 15) is 4.79 Å². The Morgan fingerprint density at radius 2 is 1.83 bits per heavy atom. The van der Waals surface area contributed by atoms with Crippen molar-refractivity contribution in [2.75, 3.05) is 6.79 Å². The third-order valence-electron chi connectivity index (χ3n) is 4.51. The lowest BCUT2D eigenvalue weighted by atomic mass is 10.0. The first-order valence-corrected chi connectivity index (χ1v) is 7.64. The van der Waals surface area contributed by atoms with E-state index in [1.807, 2.05) is 18.2 Å². The lowest BCUT2D eigenvalue weighted by molar-refractivity contribution is 0.0697. The van der Waals surface area contributed by atoms with E-state index in [-0.39, 0.29) is 12.3 Å². The average Bonchev–Trinajstić information content (AvgIpc) is 3.22. The first-order chi connectivity index (χ1) is 11.2. The largest absolute Gasteiger partial charge is 0.478 e. The molecule has 0 amide bonds.